The Balaban J connectivity index is 4.33. The van der Waals surface area contributed by atoms with Gasteiger partial charge in [-0.15, -0.1) is 0 Å². The molecule has 0 saturated carbocycles. The lowest BCUT2D eigenvalue weighted by Crippen LogP contribution is -2.37. The van der Waals surface area contributed by atoms with Gasteiger partial charge < -0.3 is 18.9 Å². The summed E-state index contributed by atoms with van der Waals surface area (Å²) in [5.74, 6) is -0.801. The van der Waals surface area contributed by atoms with E-state index in [2.05, 4.69) is 26.0 Å². The topological polar surface area (TPSA) is 108 Å². The Morgan fingerprint density at radius 3 is 1.53 bits per heavy atom. The Bertz CT molecular complexity index is 860. The van der Waals surface area contributed by atoms with Crippen molar-refractivity contribution >= 4 is 19.8 Å². The van der Waals surface area contributed by atoms with Gasteiger partial charge in [-0.3, -0.25) is 18.6 Å². The molecule has 290 valence electrons. The molecule has 0 aromatic heterocycles. The molecule has 0 aromatic rings. The van der Waals surface area contributed by atoms with Crippen LogP contribution in [-0.4, -0.2) is 74.9 Å². The van der Waals surface area contributed by atoms with Crippen molar-refractivity contribution in [3.05, 3.63) is 12.2 Å². The van der Waals surface area contributed by atoms with Crippen molar-refractivity contribution in [1.82, 2.24) is 0 Å². The van der Waals surface area contributed by atoms with E-state index in [1.807, 2.05) is 21.1 Å². The monoisotopic (exact) mass is 719 g/mol. The number of phosphoric acid groups is 1. The fraction of sp³-hybridized carbons (Fsp3) is 0.897. The zero-order valence-electron chi connectivity index (χ0n) is 32.4. The van der Waals surface area contributed by atoms with Crippen LogP contribution in [0.25, 0.3) is 0 Å². The third-order valence-corrected chi connectivity index (χ3v) is 9.53. The molecule has 9 nitrogen and oxygen atoms in total. The summed E-state index contributed by atoms with van der Waals surface area (Å²) in [6, 6.07) is 0. The van der Waals surface area contributed by atoms with Crippen LogP contribution in [0.2, 0.25) is 0 Å². The number of ether oxygens (including phenoxy) is 2. The molecule has 0 aliphatic rings. The number of likely N-dealkylation sites (N-methyl/N-ethyl adjacent to an activating group) is 1. The van der Waals surface area contributed by atoms with Crippen LogP contribution >= 0.6 is 7.82 Å². The number of esters is 2. The van der Waals surface area contributed by atoms with Gasteiger partial charge in [0.1, 0.15) is 19.8 Å². The molecule has 0 saturated heterocycles. The number of unbranched alkanes of at least 4 members (excludes halogenated alkanes) is 20. The van der Waals surface area contributed by atoms with E-state index in [0.717, 1.165) is 38.5 Å². The largest absolute Gasteiger partial charge is 0.472 e. The summed E-state index contributed by atoms with van der Waals surface area (Å²) in [6.45, 7) is 4.37. The highest BCUT2D eigenvalue weighted by atomic mass is 31.2. The van der Waals surface area contributed by atoms with Crippen molar-refractivity contribution in [2.45, 2.75) is 180 Å². The first-order chi connectivity index (χ1) is 23.5. The molecule has 0 aromatic carbocycles. The molecule has 0 aliphatic heterocycles. The maximum Gasteiger partial charge on any atom is 0.472 e. The van der Waals surface area contributed by atoms with E-state index in [1.165, 1.54) is 103 Å². The molecule has 0 bridgehead atoms. The average molecular weight is 719 g/mol. The van der Waals surface area contributed by atoms with E-state index in [-0.39, 0.29) is 25.6 Å². The second-order valence-corrected chi connectivity index (χ2v) is 16.1. The summed E-state index contributed by atoms with van der Waals surface area (Å²) in [7, 11) is 1.48. The smallest absolute Gasteiger partial charge is 0.462 e. The molecular formula is C39H77NO8P+. The maximum atomic E-state index is 12.6. The van der Waals surface area contributed by atoms with Crippen LogP contribution in [0.5, 0.6) is 0 Å². The number of carbonyl (C=O) groups excluding carboxylic acids is 2. The maximum absolute atomic E-state index is 12.6. The van der Waals surface area contributed by atoms with Crippen molar-refractivity contribution in [3.8, 4) is 0 Å². The molecule has 10 heteroatoms. The molecule has 1 N–H and O–H groups in total. The van der Waals surface area contributed by atoms with Crippen molar-refractivity contribution in [2.24, 2.45) is 0 Å². The van der Waals surface area contributed by atoms with Gasteiger partial charge in [0.15, 0.2) is 6.10 Å². The minimum Gasteiger partial charge on any atom is -0.462 e. The first kappa shape index (κ1) is 47.8. The molecule has 2 atom stereocenters. The lowest BCUT2D eigenvalue weighted by molar-refractivity contribution is -0.870. The van der Waals surface area contributed by atoms with E-state index < -0.39 is 26.5 Å². The Morgan fingerprint density at radius 1 is 0.612 bits per heavy atom. The molecule has 0 radical (unpaired) electrons. The predicted molar refractivity (Wildman–Crippen MR) is 201 cm³/mol. The fourth-order valence-corrected chi connectivity index (χ4v) is 6.10. The first-order valence-corrected chi connectivity index (χ1v) is 21.4. The number of phosphoric ester groups is 1. The van der Waals surface area contributed by atoms with E-state index in [4.69, 9.17) is 18.5 Å². The van der Waals surface area contributed by atoms with Crippen LogP contribution in [0.1, 0.15) is 174 Å². The van der Waals surface area contributed by atoms with Crippen LogP contribution in [0.15, 0.2) is 12.2 Å². The molecular weight excluding hydrogens is 641 g/mol. The highest BCUT2D eigenvalue weighted by Gasteiger charge is 2.27. The number of quaternary nitrogens is 1. The van der Waals surface area contributed by atoms with Gasteiger partial charge in [-0.05, 0) is 38.5 Å². The standard InChI is InChI=1S/C39H76NO8P/c1-6-8-10-12-14-16-17-18-19-20-21-22-23-24-26-28-30-32-39(42)48-37(36-47-49(43,44)46-34-33-40(3,4)5)35-45-38(41)31-29-27-25-15-13-11-9-7-2/h16-17,37H,6-15,18-36H2,1-5H3/p+1/b17-16+/t37-/m1/s1. The third kappa shape index (κ3) is 36.3. The number of nitrogens with zero attached hydrogens (tertiary/aromatic N) is 1. The fourth-order valence-electron chi connectivity index (χ4n) is 5.36. The Kier molecular flexibility index (Phi) is 31.8. The van der Waals surface area contributed by atoms with Gasteiger partial charge in [-0.25, -0.2) is 4.57 Å². The molecule has 1 unspecified atom stereocenters. The minimum absolute atomic E-state index is 0.0340. The lowest BCUT2D eigenvalue weighted by atomic mass is 10.1. The summed E-state index contributed by atoms with van der Waals surface area (Å²) in [4.78, 5) is 35.1. The van der Waals surface area contributed by atoms with Crippen molar-refractivity contribution in [2.75, 3.05) is 47.5 Å². The number of hydrogen-bond acceptors (Lipinski definition) is 7. The van der Waals surface area contributed by atoms with E-state index in [1.54, 1.807) is 0 Å². The van der Waals surface area contributed by atoms with Gasteiger partial charge in [-0.1, -0.05) is 135 Å². The summed E-state index contributed by atoms with van der Waals surface area (Å²) in [6.07, 6.45) is 31.2. The molecule has 0 aliphatic carbocycles. The number of carbonyl (C=O) groups is 2. The Morgan fingerprint density at radius 2 is 1.04 bits per heavy atom. The van der Waals surface area contributed by atoms with E-state index >= 15 is 0 Å². The molecule has 49 heavy (non-hydrogen) atoms. The van der Waals surface area contributed by atoms with Gasteiger partial charge >= 0.3 is 19.8 Å². The molecule has 0 fully saturated rings. The van der Waals surface area contributed by atoms with Crippen molar-refractivity contribution in [1.29, 1.82) is 0 Å². The predicted octanol–water partition coefficient (Wildman–Crippen LogP) is 10.6. The summed E-state index contributed by atoms with van der Waals surface area (Å²) < 4.78 is 34.1. The normalized spacial score (nSPS) is 13.8. The van der Waals surface area contributed by atoms with Crippen LogP contribution in [0.4, 0.5) is 0 Å². The van der Waals surface area contributed by atoms with Gasteiger partial charge in [0.05, 0.1) is 27.7 Å². The van der Waals surface area contributed by atoms with Gasteiger partial charge in [0, 0.05) is 12.8 Å². The highest BCUT2D eigenvalue weighted by molar-refractivity contribution is 7.47. The molecule has 0 heterocycles. The van der Waals surface area contributed by atoms with Crippen LogP contribution in [0.3, 0.4) is 0 Å². The summed E-state index contributed by atoms with van der Waals surface area (Å²) in [5, 5.41) is 0. The number of allylic oxidation sites excluding steroid dienone is 2. The molecule has 0 amide bonds. The highest BCUT2D eigenvalue weighted by Crippen LogP contribution is 2.43. The summed E-state index contributed by atoms with van der Waals surface area (Å²) >= 11 is 0. The Labute approximate surface area is 301 Å². The minimum atomic E-state index is -4.36. The van der Waals surface area contributed by atoms with E-state index in [9.17, 15) is 19.0 Å². The van der Waals surface area contributed by atoms with E-state index in [0.29, 0.717) is 23.9 Å². The number of rotatable bonds is 36. The first-order valence-electron chi connectivity index (χ1n) is 19.9. The summed E-state index contributed by atoms with van der Waals surface area (Å²) in [5.41, 5.74) is 0. The van der Waals surface area contributed by atoms with Crippen LogP contribution in [0, 0.1) is 0 Å². The Hall–Kier alpha value is -1.25. The van der Waals surface area contributed by atoms with Gasteiger partial charge in [0.2, 0.25) is 0 Å². The zero-order valence-corrected chi connectivity index (χ0v) is 33.3. The zero-order chi connectivity index (χ0) is 36.5. The average Bonchev–Trinajstić information content (AvgIpc) is 3.04. The molecule has 0 rings (SSSR count). The van der Waals surface area contributed by atoms with Gasteiger partial charge in [-0.2, -0.15) is 0 Å². The third-order valence-electron chi connectivity index (χ3n) is 8.55. The second kappa shape index (κ2) is 32.6. The van der Waals surface area contributed by atoms with Crippen LogP contribution in [-0.2, 0) is 32.7 Å². The number of hydrogen-bond donors (Lipinski definition) is 1. The SMILES string of the molecule is CCCCCC/C=C/CCCCCCCCCCCC(=O)O[C@H](COC(=O)CCCCCCCCCC)COP(=O)(O)OCC[N+](C)(C)C. The van der Waals surface area contributed by atoms with Crippen LogP contribution < -0.4 is 0 Å². The quantitative estimate of drug-likeness (QED) is 0.0224. The van der Waals surface area contributed by atoms with Gasteiger partial charge in [0.25, 0.3) is 0 Å². The van der Waals surface area contributed by atoms with Crippen molar-refractivity contribution < 1.29 is 42.1 Å². The lowest BCUT2D eigenvalue weighted by Gasteiger charge is -2.24. The second-order valence-electron chi connectivity index (χ2n) is 14.7. The molecule has 0 spiro atoms. The van der Waals surface area contributed by atoms with Crippen molar-refractivity contribution in [3.63, 3.8) is 0 Å².